The Bertz CT molecular complexity index is 971. The molecule has 0 aliphatic heterocycles. The molecule has 7 heteroatoms. The molecule has 0 saturated heterocycles. The molecule has 136 valence electrons. The zero-order chi connectivity index (χ0) is 19.2. The summed E-state index contributed by atoms with van der Waals surface area (Å²) in [4.78, 5) is 32.2. The lowest BCUT2D eigenvalue weighted by Crippen LogP contribution is -2.15. The second-order valence-corrected chi connectivity index (χ2v) is 5.81. The van der Waals surface area contributed by atoms with E-state index in [1.165, 1.54) is 19.5 Å². The molecule has 0 unspecified atom stereocenters. The standard InChI is InChI=1S/C20H18N4O3/c1-13-6-8-15(9-7-13)23-18-11-17(21-12-22-18)19(25)24-16-5-3-4-14(10-16)20(26)27-2/h3-12H,1-2H3,(H,24,25)(H,21,22,23). The highest BCUT2D eigenvalue weighted by molar-refractivity contribution is 6.04. The Morgan fingerprint density at radius 2 is 1.74 bits per heavy atom. The third kappa shape index (κ3) is 4.66. The summed E-state index contributed by atoms with van der Waals surface area (Å²) in [5, 5.41) is 5.84. The van der Waals surface area contributed by atoms with E-state index in [1.54, 1.807) is 24.3 Å². The Balaban J connectivity index is 1.73. The minimum Gasteiger partial charge on any atom is -0.465 e. The van der Waals surface area contributed by atoms with Crippen LogP contribution >= 0.6 is 0 Å². The van der Waals surface area contributed by atoms with E-state index in [0.29, 0.717) is 17.1 Å². The van der Waals surface area contributed by atoms with Crippen LogP contribution in [0.5, 0.6) is 0 Å². The van der Waals surface area contributed by atoms with Gasteiger partial charge < -0.3 is 15.4 Å². The Morgan fingerprint density at radius 1 is 0.963 bits per heavy atom. The Kier molecular flexibility index (Phi) is 5.41. The van der Waals surface area contributed by atoms with E-state index >= 15 is 0 Å². The number of carbonyl (C=O) groups is 2. The number of anilines is 3. The van der Waals surface area contributed by atoms with E-state index in [9.17, 15) is 9.59 Å². The predicted octanol–water partition coefficient (Wildman–Crippen LogP) is 3.57. The second kappa shape index (κ2) is 8.09. The average molecular weight is 362 g/mol. The number of hydrogen-bond donors (Lipinski definition) is 2. The number of hydrogen-bond acceptors (Lipinski definition) is 6. The van der Waals surface area contributed by atoms with Crippen molar-refractivity contribution in [2.75, 3.05) is 17.7 Å². The third-order valence-corrected chi connectivity index (χ3v) is 3.77. The minimum absolute atomic E-state index is 0.197. The van der Waals surface area contributed by atoms with Gasteiger partial charge in [0.05, 0.1) is 12.7 Å². The molecule has 0 spiro atoms. The summed E-state index contributed by atoms with van der Waals surface area (Å²) in [6.45, 7) is 2.01. The highest BCUT2D eigenvalue weighted by Gasteiger charge is 2.11. The normalized spacial score (nSPS) is 10.1. The summed E-state index contributed by atoms with van der Waals surface area (Å²) < 4.78 is 4.68. The first-order valence-electron chi connectivity index (χ1n) is 8.20. The quantitative estimate of drug-likeness (QED) is 0.674. The molecule has 0 fully saturated rings. The summed E-state index contributed by atoms with van der Waals surface area (Å²) in [6.07, 6.45) is 1.32. The number of aromatic nitrogens is 2. The molecule has 1 heterocycles. The molecular weight excluding hydrogens is 344 g/mol. The van der Waals surface area contributed by atoms with Gasteiger partial charge >= 0.3 is 5.97 Å². The van der Waals surface area contributed by atoms with Crippen molar-refractivity contribution in [3.05, 3.63) is 77.7 Å². The highest BCUT2D eigenvalue weighted by Crippen LogP contribution is 2.17. The lowest BCUT2D eigenvalue weighted by Gasteiger charge is -2.08. The largest absolute Gasteiger partial charge is 0.465 e. The average Bonchev–Trinajstić information content (AvgIpc) is 2.69. The van der Waals surface area contributed by atoms with Gasteiger partial charge in [-0.25, -0.2) is 14.8 Å². The first kappa shape index (κ1) is 18.1. The molecule has 7 nitrogen and oxygen atoms in total. The lowest BCUT2D eigenvalue weighted by molar-refractivity contribution is 0.0600. The summed E-state index contributed by atoms with van der Waals surface area (Å²) in [7, 11) is 1.30. The van der Waals surface area contributed by atoms with Gasteiger partial charge in [0.1, 0.15) is 17.8 Å². The second-order valence-electron chi connectivity index (χ2n) is 5.81. The van der Waals surface area contributed by atoms with Crippen molar-refractivity contribution in [3.8, 4) is 0 Å². The first-order valence-corrected chi connectivity index (χ1v) is 8.20. The molecule has 2 aromatic carbocycles. The van der Waals surface area contributed by atoms with Crippen LogP contribution in [0.1, 0.15) is 26.4 Å². The molecule has 0 saturated carbocycles. The van der Waals surface area contributed by atoms with Crippen LogP contribution in [0.2, 0.25) is 0 Å². The van der Waals surface area contributed by atoms with E-state index in [2.05, 4.69) is 25.3 Å². The summed E-state index contributed by atoms with van der Waals surface area (Å²) in [5.41, 5.74) is 3.02. The van der Waals surface area contributed by atoms with Gasteiger partial charge in [-0.1, -0.05) is 23.8 Å². The monoisotopic (exact) mass is 362 g/mol. The molecule has 0 aliphatic carbocycles. The predicted molar refractivity (Wildman–Crippen MR) is 102 cm³/mol. The molecule has 2 N–H and O–H groups in total. The number of rotatable bonds is 5. The molecule has 1 aromatic heterocycles. The van der Waals surface area contributed by atoms with Crippen molar-refractivity contribution in [1.82, 2.24) is 9.97 Å². The molecule has 0 atom stereocenters. The summed E-state index contributed by atoms with van der Waals surface area (Å²) in [5.74, 6) is -0.383. The summed E-state index contributed by atoms with van der Waals surface area (Å²) >= 11 is 0. The van der Waals surface area contributed by atoms with Crippen LogP contribution in [-0.2, 0) is 4.74 Å². The Hall–Kier alpha value is -3.74. The number of carbonyl (C=O) groups excluding carboxylic acids is 2. The molecule has 3 rings (SSSR count). The third-order valence-electron chi connectivity index (χ3n) is 3.77. The molecule has 0 bridgehead atoms. The molecule has 27 heavy (non-hydrogen) atoms. The number of amides is 1. The number of ether oxygens (including phenoxy) is 1. The number of esters is 1. The van der Waals surface area contributed by atoms with E-state index in [0.717, 1.165) is 11.3 Å². The first-order chi connectivity index (χ1) is 13.0. The number of methoxy groups -OCH3 is 1. The van der Waals surface area contributed by atoms with Crippen molar-refractivity contribution in [2.45, 2.75) is 6.92 Å². The number of aryl methyl sites for hydroxylation is 1. The van der Waals surface area contributed by atoms with Gasteiger partial charge in [-0.2, -0.15) is 0 Å². The fourth-order valence-electron chi connectivity index (χ4n) is 2.37. The van der Waals surface area contributed by atoms with Gasteiger partial charge in [0.2, 0.25) is 0 Å². The maximum Gasteiger partial charge on any atom is 0.337 e. The molecule has 0 aliphatic rings. The van der Waals surface area contributed by atoms with Crippen LogP contribution in [-0.4, -0.2) is 29.0 Å². The van der Waals surface area contributed by atoms with Crippen molar-refractivity contribution in [3.63, 3.8) is 0 Å². The fraction of sp³-hybridized carbons (Fsp3) is 0.100. The van der Waals surface area contributed by atoms with Gasteiger partial charge in [0.25, 0.3) is 5.91 Å². The molecule has 1 amide bonds. The van der Waals surface area contributed by atoms with Crippen molar-refractivity contribution in [1.29, 1.82) is 0 Å². The zero-order valence-electron chi connectivity index (χ0n) is 14.9. The van der Waals surface area contributed by atoms with Crippen molar-refractivity contribution in [2.24, 2.45) is 0 Å². The van der Waals surface area contributed by atoms with Gasteiger partial charge in [-0.3, -0.25) is 4.79 Å². The van der Waals surface area contributed by atoms with E-state index < -0.39 is 11.9 Å². The Morgan fingerprint density at radius 3 is 2.48 bits per heavy atom. The zero-order valence-corrected chi connectivity index (χ0v) is 14.9. The van der Waals surface area contributed by atoms with Crippen LogP contribution < -0.4 is 10.6 Å². The maximum absolute atomic E-state index is 12.5. The maximum atomic E-state index is 12.5. The van der Waals surface area contributed by atoms with Crippen molar-refractivity contribution < 1.29 is 14.3 Å². The van der Waals surface area contributed by atoms with E-state index in [4.69, 9.17) is 0 Å². The van der Waals surface area contributed by atoms with Gasteiger partial charge in [0, 0.05) is 17.4 Å². The van der Waals surface area contributed by atoms with Gasteiger partial charge in [0.15, 0.2) is 0 Å². The number of benzene rings is 2. The number of nitrogens with zero attached hydrogens (tertiary/aromatic N) is 2. The fourth-order valence-corrected chi connectivity index (χ4v) is 2.37. The molecule has 0 radical (unpaired) electrons. The van der Waals surface area contributed by atoms with Crippen LogP contribution in [0, 0.1) is 6.92 Å². The number of nitrogens with one attached hydrogen (secondary N) is 2. The van der Waals surface area contributed by atoms with Crippen LogP contribution in [0.15, 0.2) is 60.9 Å². The summed E-state index contributed by atoms with van der Waals surface area (Å²) in [6, 6.07) is 15.8. The van der Waals surface area contributed by atoms with E-state index in [1.807, 2.05) is 31.2 Å². The van der Waals surface area contributed by atoms with E-state index in [-0.39, 0.29) is 5.69 Å². The molecule has 3 aromatic rings. The SMILES string of the molecule is COC(=O)c1cccc(NC(=O)c2cc(Nc3ccc(C)cc3)ncn2)c1. The van der Waals surface area contributed by atoms with Gasteiger partial charge in [-0.05, 0) is 37.3 Å². The topological polar surface area (TPSA) is 93.2 Å². The smallest absolute Gasteiger partial charge is 0.337 e. The van der Waals surface area contributed by atoms with Crippen LogP contribution in [0.4, 0.5) is 17.2 Å². The minimum atomic E-state index is -0.474. The van der Waals surface area contributed by atoms with Crippen LogP contribution in [0.3, 0.4) is 0 Å². The van der Waals surface area contributed by atoms with Crippen LogP contribution in [0.25, 0.3) is 0 Å². The Labute approximate surface area is 156 Å². The van der Waals surface area contributed by atoms with Crippen molar-refractivity contribution >= 4 is 29.1 Å². The lowest BCUT2D eigenvalue weighted by atomic mass is 10.2. The highest BCUT2D eigenvalue weighted by atomic mass is 16.5. The van der Waals surface area contributed by atoms with Gasteiger partial charge in [-0.15, -0.1) is 0 Å². The molecular formula is C20H18N4O3.